The molecule has 0 unspecified atom stereocenters. The van der Waals surface area contributed by atoms with Crippen molar-refractivity contribution in [3.63, 3.8) is 0 Å². The minimum atomic E-state index is -0.547. The number of nitrogens with one attached hydrogen (secondary N) is 4. The van der Waals surface area contributed by atoms with Gasteiger partial charge in [0.05, 0.1) is 12.1 Å². The van der Waals surface area contributed by atoms with Gasteiger partial charge in [-0.3, -0.25) is 14.9 Å². The maximum absolute atomic E-state index is 12.5. The Morgan fingerprint density at radius 1 is 1.00 bits per heavy atom. The van der Waals surface area contributed by atoms with E-state index in [-0.39, 0.29) is 18.4 Å². The van der Waals surface area contributed by atoms with E-state index in [2.05, 4.69) is 21.3 Å². The Balaban J connectivity index is 1.94. The van der Waals surface area contributed by atoms with Crippen LogP contribution in [0.15, 0.2) is 48.5 Å². The number of hydrogen-bond donors (Lipinski definition) is 4. The van der Waals surface area contributed by atoms with Gasteiger partial charge in [0, 0.05) is 22.9 Å². The lowest BCUT2D eigenvalue weighted by atomic mass is 10.1. The first-order valence-corrected chi connectivity index (χ1v) is 9.20. The molecule has 2 rings (SSSR count). The van der Waals surface area contributed by atoms with Crippen LogP contribution in [0.25, 0.3) is 0 Å². The molecule has 0 heterocycles. The maximum Gasteiger partial charge on any atom is 0.321 e. The fourth-order valence-corrected chi connectivity index (χ4v) is 2.38. The molecule has 0 radical (unpaired) electrons. The van der Waals surface area contributed by atoms with Gasteiger partial charge in [-0.15, -0.1) is 0 Å². The zero-order valence-corrected chi connectivity index (χ0v) is 16.5. The van der Waals surface area contributed by atoms with E-state index < -0.39 is 11.9 Å². The van der Waals surface area contributed by atoms with Gasteiger partial charge >= 0.3 is 6.03 Å². The van der Waals surface area contributed by atoms with Crippen molar-refractivity contribution in [3.8, 4) is 0 Å². The van der Waals surface area contributed by atoms with Gasteiger partial charge in [-0.1, -0.05) is 37.6 Å². The van der Waals surface area contributed by atoms with Crippen LogP contribution >= 0.6 is 11.6 Å². The third kappa shape index (κ3) is 6.92. The summed E-state index contributed by atoms with van der Waals surface area (Å²) in [6, 6.07) is 13.0. The van der Waals surface area contributed by atoms with Gasteiger partial charge in [-0.2, -0.15) is 0 Å². The predicted octanol–water partition coefficient (Wildman–Crippen LogP) is 3.49. The third-order valence-electron chi connectivity index (χ3n) is 3.64. The summed E-state index contributed by atoms with van der Waals surface area (Å²) in [5.41, 5.74) is 1.45. The molecule has 0 aromatic heterocycles. The summed E-state index contributed by atoms with van der Waals surface area (Å²) >= 11 is 5.84. The van der Waals surface area contributed by atoms with Crippen molar-refractivity contribution in [1.82, 2.24) is 10.6 Å². The van der Waals surface area contributed by atoms with E-state index in [1.54, 1.807) is 48.5 Å². The number of hydrogen-bond acceptors (Lipinski definition) is 4. The summed E-state index contributed by atoms with van der Waals surface area (Å²) in [6.45, 7) is 4.23. The molecule has 2 aromatic carbocycles. The van der Waals surface area contributed by atoms with E-state index in [1.807, 2.05) is 13.8 Å². The normalized spacial score (nSPS) is 10.3. The summed E-state index contributed by atoms with van der Waals surface area (Å²) in [7, 11) is 0. The van der Waals surface area contributed by atoms with E-state index in [1.165, 1.54) is 0 Å². The average Bonchev–Trinajstić information content (AvgIpc) is 2.66. The van der Waals surface area contributed by atoms with E-state index in [9.17, 15) is 14.4 Å². The zero-order valence-electron chi connectivity index (χ0n) is 15.7. The van der Waals surface area contributed by atoms with Crippen LogP contribution in [-0.4, -0.2) is 30.9 Å². The molecule has 0 fully saturated rings. The van der Waals surface area contributed by atoms with Gasteiger partial charge < -0.3 is 16.0 Å². The van der Waals surface area contributed by atoms with Gasteiger partial charge in [0.1, 0.15) is 0 Å². The van der Waals surface area contributed by atoms with E-state index in [4.69, 9.17) is 11.6 Å². The molecule has 0 spiro atoms. The molecule has 4 amide bonds. The molecule has 0 aliphatic rings. The molecule has 0 bridgehead atoms. The number of amides is 4. The SMILES string of the molecule is CC(C)CNC(=O)NC(=O)CNc1ccccc1C(=O)Nc1ccc(Cl)cc1. The third-order valence-corrected chi connectivity index (χ3v) is 3.89. The van der Waals surface area contributed by atoms with Crippen LogP contribution in [0.3, 0.4) is 0 Å². The van der Waals surface area contributed by atoms with Crippen molar-refractivity contribution in [2.45, 2.75) is 13.8 Å². The molecule has 7 nitrogen and oxygen atoms in total. The number of imide groups is 1. The lowest BCUT2D eigenvalue weighted by molar-refractivity contribution is -0.118. The molecule has 148 valence electrons. The smallest absolute Gasteiger partial charge is 0.321 e. The first-order chi connectivity index (χ1) is 13.3. The van der Waals surface area contributed by atoms with Crippen LogP contribution in [0, 0.1) is 5.92 Å². The molecular formula is C20H23ClN4O3. The van der Waals surface area contributed by atoms with Crippen molar-refractivity contribution in [1.29, 1.82) is 0 Å². The molecule has 0 aliphatic carbocycles. The second-order valence-electron chi connectivity index (χ2n) is 6.51. The Morgan fingerprint density at radius 3 is 2.36 bits per heavy atom. The first kappa shape index (κ1) is 21.2. The molecule has 8 heteroatoms. The fraction of sp³-hybridized carbons (Fsp3) is 0.250. The Kier molecular flexibility index (Phi) is 7.83. The molecule has 4 N–H and O–H groups in total. The van der Waals surface area contributed by atoms with Crippen LogP contribution < -0.4 is 21.3 Å². The summed E-state index contributed by atoms with van der Waals surface area (Å²) in [4.78, 5) is 36.1. The number of benzene rings is 2. The monoisotopic (exact) mass is 402 g/mol. The van der Waals surface area contributed by atoms with Gasteiger partial charge in [0.25, 0.3) is 5.91 Å². The number of rotatable bonds is 7. The van der Waals surface area contributed by atoms with Gasteiger partial charge in [-0.05, 0) is 42.3 Å². The van der Waals surface area contributed by atoms with E-state index in [0.717, 1.165) is 0 Å². The number of urea groups is 1. The minimum absolute atomic E-state index is 0.152. The Morgan fingerprint density at radius 2 is 1.68 bits per heavy atom. The molecule has 0 saturated heterocycles. The lowest BCUT2D eigenvalue weighted by Crippen LogP contribution is -2.43. The average molecular weight is 403 g/mol. The predicted molar refractivity (Wildman–Crippen MR) is 111 cm³/mol. The molecule has 28 heavy (non-hydrogen) atoms. The van der Waals surface area contributed by atoms with Crippen LogP contribution in [-0.2, 0) is 4.79 Å². The highest BCUT2D eigenvalue weighted by Gasteiger charge is 2.13. The van der Waals surface area contributed by atoms with E-state index >= 15 is 0 Å². The van der Waals surface area contributed by atoms with Crippen molar-refractivity contribution in [2.24, 2.45) is 5.92 Å². The topological polar surface area (TPSA) is 99.3 Å². The Hall–Kier alpha value is -3.06. The molecule has 0 aliphatic heterocycles. The van der Waals surface area contributed by atoms with Crippen molar-refractivity contribution < 1.29 is 14.4 Å². The van der Waals surface area contributed by atoms with Crippen LogP contribution in [0.5, 0.6) is 0 Å². The number of para-hydroxylation sites is 1. The Labute approximate surface area is 168 Å². The second-order valence-corrected chi connectivity index (χ2v) is 6.95. The standard InChI is InChI=1S/C20H23ClN4O3/c1-13(2)11-23-20(28)25-18(26)12-22-17-6-4-3-5-16(17)19(27)24-15-9-7-14(21)8-10-15/h3-10,13,22H,11-12H2,1-2H3,(H,24,27)(H2,23,25,26,28). The van der Waals surface area contributed by atoms with Gasteiger partial charge in [-0.25, -0.2) is 4.79 Å². The van der Waals surface area contributed by atoms with Crippen molar-refractivity contribution in [3.05, 3.63) is 59.1 Å². The highest BCUT2D eigenvalue weighted by Crippen LogP contribution is 2.18. The van der Waals surface area contributed by atoms with E-state index in [0.29, 0.717) is 28.5 Å². The van der Waals surface area contributed by atoms with Crippen LogP contribution in [0.2, 0.25) is 5.02 Å². The van der Waals surface area contributed by atoms with Gasteiger partial charge in [0.2, 0.25) is 5.91 Å². The minimum Gasteiger partial charge on any atom is -0.375 e. The summed E-state index contributed by atoms with van der Waals surface area (Å²) in [5, 5.41) is 11.1. The largest absolute Gasteiger partial charge is 0.375 e. The fourth-order valence-electron chi connectivity index (χ4n) is 2.25. The maximum atomic E-state index is 12.5. The number of carbonyl (C=O) groups excluding carboxylic acids is 3. The van der Waals surface area contributed by atoms with Crippen LogP contribution in [0.1, 0.15) is 24.2 Å². The highest BCUT2D eigenvalue weighted by molar-refractivity contribution is 6.30. The van der Waals surface area contributed by atoms with Gasteiger partial charge in [0.15, 0.2) is 0 Å². The number of carbonyl (C=O) groups is 3. The highest BCUT2D eigenvalue weighted by atomic mass is 35.5. The van der Waals surface area contributed by atoms with Crippen LogP contribution in [0.4, 0.5) is 16.2 Å². The Bertz CT molecular complexity index is 838. The lowest BCUT2D eigenvalue weighted by Gasteiger charge is -2.13. The second kappa shape index (κ2) is 10.3. The molecular weight excluding hydrogens is 380 g/mol. The quantitative estimate of drug-likeness (QED) is 0.569. The first-order valence-electron chi connectivity index (χ1n) is 8.82. The number of halogens is 1. The summed E-state index contributed by atoms with van der Waals surface area (Å²) < 4.78 is 0. The van der Waals surface area contributed by atoms with Crippen molar-refractivity contribution in [2.75, 3.05) is 23.7 Å². The molecule has 2 aromatic rings. The molecule has 0 saturated carbocycles. The molecule has 0 atom stereocenters. The summed E-state index contributed by atoms with van der Waals surface area (Å²) in [6.07, 6.45) is 0. The van der Waals surface area contributed by atoms with Crippen molar-refractivity contribution >= 4 is 40.8 Å². The zero-order chi connectivity index (χ0) is 20.5. The number of anilines is 2. The summed E-state index contributed by atoms with van der Waals surface area (Å²) in [5.74, 6) is -0.556.